The monoisotopic (exact) mass is 347 g/mol. The Bertz CT molecular complexity index is 927. The van der Waals surface area contributed by atoms with Gasteiger partial charge in [0.15, 0.2) is 0 Å². The molecule has 0 spiro atoms. The summed E-state index contributed by atoms with van der Waals surface area (Å²) in [5, 5.41) is 3.26. The lowest BCUT2D eigenvalue weighted by molar-refractivity contribution is 0.780. The third-order valence-corrected chi connectivity index (χ3v) is 5.03. The van der Waals surface area contributed by atoms with E-state index in [0.717, 1.165) is 40.3 Å². The molecule has 0 N–H and O–H groups in total. The highest BCUT2D eigenvalue weighted by molar-refractivity contribution is 7.17. The molecule has 124 valence electrons. The van der Waals surface area contributed by atoms with Crippen molar-refractivity contribution >= 4 is 27.4 Å². The standard InChI is InChI=1S/C19H17N5S/c1-14-12-25-19-17(14)18(22-13-23-19)24(10-15-4-2-6-20-8-15)11-16-5-3-7-21-9-16/h2-9,12-13H,10-11H2,1H3. The van der Waals surface area contributed by atoms with Crippen LogP contribution in [0.3, 0.4) is 0 Å². The van der Waals surface area contributed by atoms with E-state index < -0.39 is 0 Å². The number of rotatable bonds is 5. The summed E-state index contributed by atoms with van der Waals surface area (Å²) >= 11 is 1.66. The van der Waals surface area contributed by atoms with E-state index in [4.69, 9.17) is 0 Å². The highest BCUT2D eigenvalue weighted by Gasteiger charge is 2.16. The Morgan fingerprint density at radius 3 is 2.24 bits per heavy atom. The number of hydrogen-bond acceptors (Lipinski definition) is 6. The summed E-state index contributed by atoms with van der Waals surface area (Å²) in [6.07, 6.45) is 9.03. The lowest BCUT2D eigenvalue weighted by Crippen LogP contribution is -2.23. The van der Waals surface area contributed by atoms with Crippen molar-refractivity contribution in [1.29, 1.82) is 0 Å². The second-order valence-electron chi connectivity index (χ2n) is 5.87. The van der Waals surface area contributed by atoms with Gasteiger partial charge in [0.25, 0.3) is 0 Å². The zero-order chi connectivity index (χ0) is 17.1. The van der Waals surface area contributed by atoms with Crippen LogP contribution in [0, 0.1) is 6.92 Å². The Morgan fingerprint density at radius 1 is 0.960 bits per heavy atom. The Morgan fingerprint density at radius 2 is 1.64 bits per heavy atom. The largest absolute Gasteiger partial charge is 0.347 e. The van der Waals surface area contributed by atoms with Gasteiger partial charge in [0, 0.05) is 37.9 Å². The topological polar surface area (TPSA) is 54.8 Å². The van der Waals surface area contributed by atoms with Crippen LogP contribution < -0.4 is 4.90 Å². The Kier molecular flexibility index (Phi) is 4.35. The zero-order valence-corrected chi connectivity index (χ0v) is 14.6. The molecule has 0 bridgehead atoms. The molecular formula is C19H17N5S. The van der Waals surface area contributed by atoms with E-state index >= 15 is 0 Å². The molecule has 0 aliphatic rings. The summed E-state index contributed by atoms with van der Waals surface area (Å²) in [7, 11) is 0. The number of anilines is 1. The molecule has 0 saturated carbocycles. The summed E-state index contributed by atoms with van der Waals surface area (Å²) in [5.41, 5.74) is 3.50. The number of hydrogen-bond donors (Lipinski definition) is 0. The second kappa shape index (κ2) is 6.94. The van der Waals surface area contributed by atoms with Gasteiger partial charge in [-0.1, -0.05) is 12.1 Å². The minimum atomic E-state index is 0.726. The first-order chi connectivity index (χ1) is 12.3. The fraction of sp³-hybridized carbons (Fsp3) is 0.158. The second-order valence-corrected chi connectivity index (χ2v) is 6.73. The van der Waals surface area contributed by atoms with E-state index in [1.54, 1.807) is 30.1 Å². The molecule has 5 nitrogen and oxygen atoms in total. The van der Waals surface area contributed by atoms with E-state index in [-0.39, 0.29) is 0 Å². The van der Waals surface area contributed by atoms with Gasteiger partial charge < -0.3 is 4.90 Å². The van der Waals surface area contributed by atoms with Gasteiger partial charge in [-0.2, -0.15) is 0 Å². The maximum Gasteiger partial charge on any atom is 0.141 e. The summed E-state index contributed by atoms with van der Waals surface area (Å²) in [6.45, 7) is 3.56. The van der Waals surface area contributed by atoms with Crippen molar-refractivity contribution < 1.29 is 0 Å². The van der Waals surface area contributed by atoms with Crippen LogP contribution in [-0.4, -0.2) is 19.9 Å². The van der Waals surface area contributed by atoms with Crippen LogP contribution in [0.1, 0.15) is 16.7 Å². The molecule has 0 atom stereocenters. The van der Waals surface area contributed by atoms with Gasteiger partial charge in [-0.3, -0.25) is 9.97 Å². The van der Waals surface area contributed by atoms with Crippen molar-refractivity contribution in [2.45, 2.75) is 20.0 Å². The van der Waals surface area contributed by atoms with Gasteiger partial charge in [-0.25, -0.2) is 9.97 Å². The minimum Gasteiger partial charge on any atom is -0.347 e. The first-order valence-electron chi connectivity index (χ1n) is 8.03. The van der Waals surface area contributed by atoms with Gasteiger partial charge in [0.05, 0.1) is 5.39 Å². The average molecular weight is 347 g/mol. The Hall–Kier alpha value is -2.86. The highest BCUT2D eigenvalue weighted by atomic mass is 32.1. The van der Waals surface area contributed by atoms with E-state index in [0.29, 0.717) is 0 Å². The smallest absolute Gasteiger partial charge is 0.141 e. The molecule has 0 amide bonds. The number of pyridine rings is 2. The molecule has 0 aromatic carbocycles. The third-order valence-electron chi connectivity index (χ3n) is 4.03. The van der Waals surface area contributed by atoms with Crippen molar-refractivity contribution in [3.63, 3.8) is 0 Å². The maximum atomic E-state index is 4.61. The molecule has 0 radical (unpaired) electrons. The van der Waals surface area contributed by atoms with E-state index in [1.165, 1.54) is 5.56 Å². The number of thiophene rings is 1. The number of nitrogens with zero attached hydrogens (tertiary/aromatic N) is 5. The van der Waals surface area contributed by atoms with Gasteiger partial charge in [-0.05, 0) is 41.1 Å². The molecule has 0 unspecified atom stereocenters. The molecule has 0 saturated heterocycles. The molecule has 4 aromatic rings. The molecular weight excluding hydrogens is 330 g/mol. The lowest BCUT2D eigenvalue weighted by Gasteiger charge is -2.24. The Balaban J connectivity index is 1.77. The van der Waals surface area contributed by atoms with Crippen molar-refractivity contribution in [2.24, 2.45) is 0 Å². The predicted octanol–water partition coefficient (Wildman–Crippen LogP) is 4.00. The fourth-order valence-electron chi connectivity index (χ4n) is 2.87. The molecule has 25 heavy (non-hydrogen) atoms. The van der Waals surface area contributed by atoms with Crippen molar-refractivity contribution in [1.82, 2.24) is 19.9 Å². The van der Waals surface area contributed by atoms with Crippen LogP contribution >= 0.6 is 11.3 Å². The Labute approximate surface area is 150 Å². The number of aromatic nitrogens is 4. The fourth-order valence-corrected chi connectivity index (χ4v) is 3.75. The SMILES string of the molecule is Cc1csc2ncnc(N(Cc3cccnc3)Cc3cccnc3)c12. The van der Waals surface area contributed by atoms with Gasteiger partial charge in [-0.15, -0.1) is 11.3 Å². The molecule has 4 aromatic heterocycles. The molecule has 0 aliphatic heterocycles. The normalized spacial score (nSPS) is 10.9. The quantitative estimate of drug-likeness (QED) is 0.546. The average Bonchev–Trinajstić information content (AvgIpc) is 3.04. The summed E-state index contributed by atoms with van der Waals surface area (Å²) in [4.78, 5) is 20.8. The maximum absolute atomic E-state index is 4.61. The van der Waals surface area contributed by atoms with Crippen LogP contribution in [0.4, 0.5) is 5.82 Å². The zero-order valence-electron chi connectivity index (χ0n) is 13.8. The molecule has 6 heteroatoms. The lowest BCUT2D eigenvalue weighted by atomic mass is 10.2. The van der Waals surface area contributed by atoms with E-state index in [9.17, 15) is 0 Å². The summed E-state index contributed by atoms with van der Waals surface area (Å²) in [6, 6.07) is 8.09. The van der Waals surface area contributed by atoms with Crippen LogP contribution in [0.5, 0.6) is 0 Å². The molecule has 0 fully saturated rings. The summed E-state index contributed by atoms with van der Waals surface area (Å²) in [5.74, 6) is 0.955. The van der Waals surface area contributed by atoms with Gasteiger partial charge >= 0.3 is 0 Å². The van der Waals surface area contributed by atoms with Crippen molar-refractivity contribution in [3.8, 4) is 0 Å². The summed E-state index contributed by atoms with van der Waals surface area (Å²) < 4.78 is 0. The number of fused-ring (bicyclic) bond motifs is 1. The molecule has 4 heterocycles. The van der Waals surface area contributed by atoms with E-state index in [1.807, 2.05) is 24.5 Å². The first-order valence-corrected chi connectivity index (χ1v) is 8.91. The third kappa shape index (κ3) is 3.34. The van der Waals surface area contributed by atoms with E-state index in [2.05, 4.69) is 49.3 Å². The highest BCUT2D eigenvalue weighted by Crippen LogP contribution is 2.32. The van der Waals surface area contributed by atoms with Crippen molar-refractivity contribution in [2.75, 3.05) is 4.90 Å². The van der Waals surface area contributed by atoms with Crippen LogP contribution in [-0.2, 0) is 13.1 Å². The van der Waals surface area contributed by atoms with Crippen LogP contribution in [0.15, 0.2) is 60.8 Å². The van der Waals surface area contributed by atoms with Crippen LogP contribution in [0.2, 0.25) is 0 Å². The predicted molar refractivity (Wildman–Crippen MR) is 101 cm³/mol. The minimum absolute atomic E-state index is 0.726. The molecule has 0 aliphatic carbocycles. The first kappa shape index (κ1) is 15.7. The number of aryl methyl sites for hydroxylation is 1. The van der Waals surface area contributed by atoms with Gasteiger partial charge in [0.2, 0.25) is 0 Å². The van der Waals surface area contributed by atoms with Crippen LogP contribution in [0.25, 0.3) is 10.2 Å². The van der Waals surface area contributed by atoms with Gasteiger partial charge in [0.1, 0.15) is 17.0 Å². The molecule has 4 rings (SSSR count). The van der Waals surface area contributed by atoms with Crippen molar-refractivity contribution in [3.05, 3.63) is 77.5 Å².